The maximum atomic E-state index is 5.60. The highest BCUT2D eigenvalue weighted by atomic mass is 16.5. The lowest BCUT2D eigenvalue weighted by Crippen LogP contribution is -2.22. The van der Waals surface area contributed by atoms with Gasteiger partial charge in [0.15, 0.2) is 0 Å². The summed E-state index contributed by atoms with van der Waals surface area (Å²) < 4.78 is 5.60. The summed E-state index contributed by atoms with van der Waals surface area (Å²) in [6.45, 7) is 1.64. The van der Waals surface area contributed by atoms with E-state index in [1.54, 1.807) is 0 Å². The molecule has 1 aliphatic rings. The summed E-state index contributed by atoms with van der Waals surface area (Å²) >= 11 is 0. The van der Waals surface area contributed by atoms with E-state index in [0.29, 0.717) is 0 Å². The van der Waals surface area contributed by atoms with Gasteiger partial charge < -0.3 is 10.1 Å². The van der Waals surface area contributed by atoms with Crippen LogP contribution in [0.2, 0.25) is 0 Å². The first-order chi connectivity index (χ1) is 11.9. The maximum Gasteiger partial charge on any atom is 0.122 e. The van der Waals surface area contributed by atoms with Crippen LogP contribution in [-0.2, 0) is 13.0 Å². The molecule has 0 atom stereocenters. The normalized spacial score (nSPS) is 12.9. The number of hydrogen-bond acceptors (Lipinski definition) is 2. The zero-order chi connectivity index (χ0) is 16.2. The predicted molar refractivity (Wildman–Crippen MR) is 97.2 cm³/mol. The molecule has 3 aromatic rings. The van der Waals surface area contributed by atoms with Crippen molar-refractivity contribution < 1.29 is 4.74 Å². The second kappa shape index (κ2) is 6.90. The number of benzene rings is 3. The Kier molecular flexibility index (Phi) is 4.30. The SMILES string of the molecule is c1ccc(C(NCc2ccc3c(c2)CCO3)c2ccccc2)cc1. The highest BCUT2D eigenvalue weighted by Crippen LogP contribution is 2.27. The van der Waals surface area contributed by atoms with Crippen molar-refractivity contribution in [1.82, 2.24) is 5.32 Å². The quantitative estimate of drug-likeness (QED) is 0.748. The Bertz CT molecular complexity index is 759. The molecule has 0 saturated carbocycles. The molecule has 0 unspecified atom stereocenters. The summed E-state index contributed by atoms with van der Waals surface area (Å²) in [5.41, 5.74) is 5.20. The molecule has 0 aliphatic carbocycles. The van der Waals surface area contributed by atoms with Gasteiger partial charge in [0.05, 0.1) is 12.6 Å². The summed E-state index contributed by atoms with van der Waals surface area (Å²) in [6.07, 6.45) is 1.02. The van der Waals surface area contributed by atoms with Crippen LogP contribution in [0.15, 0.2) is 78.9 Å². The lowest BCUT2D eigenvalue weighted by Gasteiger charge is -2.20. The second-order valence-corrected chi connectivity index (χ2v) is 6.18. The fraction of sp³-hybridized carbons (Fsp3) is 0.182. The molecule has 0 fully saturated rings. The predicted octanol–water partition coefficient (Wildman–Crippen LogP) is 4.50. The molecular formula is C22H21NO. The third-order valence-corrected chi connectivity index (χ3v) is 4.53. The standard InChI is InChI=1S/C22H21NO/c1-3-7-18(8-4-1)22(19-9-5-2-6-10-19)23-16-17-11-12-21-20(15-17)13-14-24-21/h1-12,15,22-23H,13-14,16H2. The molecule has 1 N–H and O–H groups in total. The largest absolute Gasteiger partial charge is 0.493 e. The summed E-state index contributed by atoms with van der Waals surface area (Å²) in [5.74, 6) is 1.04. The lowest BCUT2D eigenvalue weighted by molar-refractivity contribution is 0.357. The van der Waals surface area contributed by atoms with Gasteiger partial charge in [0.1, 0.15) is 5.75 Å². The van der Waals surface area contributed by atoms with Crippen LogP contribution in [0.4, 0.5) is 0 Å². The van der Waals surface area contributed by atoms with E-state index >= 15 is 0 Å². The zero-order valence-corrected chi connectivity index (χ0v) is 13.6. The van der Waals surface area contributed by atoms with Crippen molar-refractivity contribution in [2.45, 2.75) is 19.0 Å². The van der Waals surface area contributed by atoms with E-state index in [-0.39, 0.29) is 6.04 Å². The third kappa shape index (κ3) is 3.19. The van der Waals surface area contributed by atoms with Crippen LogP contribution in [-0.4, -0.2) is 6.61 Å². The molecule has 0 bridgehead atoms. The van der Waals surface area contributed by atoms with Gasteiger partial charge in [0.25, 0.3) is 0 Å². The van der Waals surface area contributed by atoms with Crippen LogP contribution in [0.25, 0.3) is 0 Å². The first kappa shape index (κ1) is 15.0. The fourth-order valence-corrected chi connectivity index (χ4v) is 3.29. The van der Waals surface area contributed by atoms with Crippen LogP contribution in [0.1, 0.15) is 28.3 Å². The monoisotopic (exact) mass is 315 g/mol. The van der Waals surface area contributed by atoms with E-state index in [0.717, 1.165) is 25.3 Å². The van der Waals surface area contributed by atoms with Crippen LogP contribution in [0, 0.1) is 0 Å². The average Bonchev–Trinajstić information content (AvgIpc) is 3.11. The molecular weight excluding hydrogens is 294 g/mol. The molecule has 0 saturated heterocycles. The van der Waals surface area contributed by atoms with Gasteiger partial charge in [0, 0.05) is 13.0 Å². The van der Waals surface area contributed by atoms with E-state index in [9.17, 15) is 0 Å². The van der Waals surface area contributed by atoms with Crippen molar-refractivity contribution in [3.05, 3.63) is 101 Å². The molecule has 1 heterocycles. The molecule has 0 amide bonds. The van der Waals surface area contributed by atoms with E-state index in [2.05, 4.69) is 84.2 Å². The smallest absolute Gasteiger partial charge is 0.122 e. The molecule has 0 aromatic heterocycles. The molecule has 1 aliphatic heterocycles. The van der Waals surface area contributed by atoms with Gasteiger partial charge in [-0.2, -0.15) is 0 Å². The van der Waals surface area contributed by atoms with Crippen molar-refractivity contribution in [3.63, 3.8) is 0 Å². The van der Waals surface area contributed by atoms with Gasteiger partial charge in [-0.05, 0) is 28.3 Å². The first-order valence-electron chi connectivity index (χ1n) is 8.48. The Hall–Kier alpha value is -2.58. The maximum absolute atomic E-state index is 5.60. The van der Waals surface area contributed by atoms with Crippen molar-refractivity contribution in [3.8, 4) is 5.75 Å². The summed E-state index contributed by atoms with van der Waals surface area (Å²) in [4.78, 5) is 0. The van der Waals surface area contributed by atoms with Gasteiger partial charge in [-0.15, -0.1) is 0 Å². The minimum Gasteiger partial charge on any atom is -0.493 e. The van der Waals surface area contributed by atoms with Gasteiger partial charge in [-0.25, -0.2) is 0 Å². The van der Waals surface area contributed by atoms with Crippen LogP contribution < -0.4 is 10.1 Å². The second-order valence-electron chi connectivity index (χ2n) is 6.18. The molecule has 24 heavy (non-hydrogen) atoms. The molecule has 2 nitrogen and oxygen atoms in total. The number of ether oxygens (including phenoxy) is 1. The Morgan fingerprint density at radius 2 is 1.50 bits per heavy atom. The van der Waals surface area contributed by atoms with Crippen molar-refractivity contribution >= 4 is 0 Å². The number of rotatable bonds is 5. The van der Waals surface area contributed by atoms with Crippen LogP contribution in [0.3, 0.4) is 0 Å². The fourth-order valence-electron chi connectivity index (χ4n) is 3.29. The van der Waals surface area contributed by atoms with Gasteiger partial charge in [0.2, 0.25) is 0 Å². The zero-order valence-electron chi connectivity index (χ0n) is 13.6. The number of hydrogen-bond donors (Lipinski definition) is 1. The van der Waals surface area contributed by atoms with E-state index in [4.69, 9.17) is 4.74 Å². The Morgan fingerprint density at radius 1 is 0.833 bits per heavy atom. The Labute approximate surface area is 143 Å². The summed E-state index contributed by atoms with van der Waals surface area (Å²) in [5, 5.41) is 3.72. The third-order valence-electron chi connectivity index (χ3n) is 4.53. The van der Waals surface area contributed by atoms with E-state index < -0.39 is 0 Å². The molecule has 3 aromatic carbocycles. The summed E-state index contributed by atoms with van der Waals surface area (Å²) in [7, 11) is 0. The molecule has 0 spiro atoms. The van der Waals surface area contributed by atoms with Crippen LogP contribution in [0.5, 0.6) is 5.75 Å². The Balaban J connectivity index is 1.56. The average molecular weight is 315 g/mol. The van der Waals surface area contributed by atoms with Gasteiger partial charge >= 0.3 is 0 Å². The van der Waals surface area contributed by atoms with Gasteiger partial charge in [-0.3, -0.25) is 0 Å². The van der Waals surface area contributed by atoms with E-state index in [1.807, 2.05) is 0 Å². The van der Waals surface area contributed by atoms with Crippen LogP contribution >= 0.6 is 0 Å². The molecule has 4 rings (SSSR count). The molecule has 120 valence electrons. The topological polar surface area (TPSA) is 21.3 Å². The minimum atomic E-state index is 0.192. The minimum absolute atomic E-state index is 0.192. The van der Waals surface area contributed by atoms with E-state index in [1.165, 1.54) is 22.3 Å². The number of fused-ring (bicyclic) bond motifs is 1. The lowest BCUT2D eigenvalue weighted by atomic mass is 9.98. The summed E-state index contributed by atoms with van der Waals surface area (Å²) in [6, 6.07) is 27.9. The van der Waals surface area contributed by atoms with Gasteiger partial charge in [-0.1, -0.05) is 72.8 Å². The number of nitrogens with one attached hydrogen (secondary N) is 1. The first-order valence-corrected chi connectivity index (χ1v) is 8.48. The van der Waals surface area contributed by atoms with Crippen molar-refractivity contribution in [1.29, 1.82) is 0 Å². The highest BCUT2D eigenvalue weighted by molar-refractivity contribution is 5.40. The van der Waals surface area contributed by atoms with Crippen molar-refractivity contribution in [2.24, 2.45) is 0 Å². The Morgan fingerprint density at radius 3 is 2.17 bits per heavy atom. The molecule has 2 heteroatoms. The molecule has 0 radical (unpaired) electrons. The van der Waals surface area contributed by atoms with Crippen molar-refractivity contribution in [2.75, 3.05) is 6.61 Å². The highest BCUT2D eigenvalue weighted by Gasteiger charge is 2.15.